The normalized spacial score (nSPS) is 15.7. The molecule has 2 heterocycles. The largest absolute Gasteiger partial charge is 0.435 e. The van der Waals surface area contributed by atoms with Crippen molar-refractivity contribution in [3.63, 3.8) is 0 Å². The first-order chi connectivity index (χ1) is 15.2. The van der Waals surface area contributed by atoms with E-state index < -0.39 is 30.0 Å². The van der Waals surface area contributed by atoms with E-state index in [0.29, 0.717) is 29.0 Å². The molecule has 0 unspecified atom stereocenters. The number of carbonyl (C=O) groups is 1. The fourth-order valence-electron chi connectivity index (χ4n) is 3.72. The number of carbonyl (C=O) groups excluding carboxylic acids is 1. The highest BCUT2D eigenvalue weighted by Gasteiger charge is 2.32. The van der Waals surface area contributed by atoms with Gasteiger partial charge in [0.1, 0.15) is 5.75 Å². The molecule has 10 heteroatoms. The highest BCUT2D eigenvalue weighted by molar-refractivity contribution is 5.80. The molecule has 0 aliphatic carbocycles. The van der Waals surface area contributed by atoms with Crippen LogP contribution in [0.25, 0.3) is 11.3 Å². The Morgan fingerprint density at radius 2 is 1.84 bits per heavy atom. The number of alkyl halides is 2. The van der Waals surface area contributed by atoms with E-state index in [4.69, 9.17) is 4.52 Å². The molecule has 0 spiro atoms. The number of nitrogens with zero attached hydrogens (tertiary/aromatic N) is 2. The maximum atomic E-state index is 13.5. The quantitative estimate of drug-likeness (QED) is 0.409. The van der Waals surface area contributed by atoms with Gasteiger partial charge >= 0.3 is 6.61 Å². The first kappa shape index (κ1) is 21.8. The summed E-state index contributed by atoms with van der Waals surface area (Å²) in [5.74, 6) is -4.34. The van der Waals surface area contributed by atoms with Crippen molar-refractivity contribution in [2.24, 2.45) is 0 Å². The molecule has 0 bridgehead atoms. The molecule has 0 saturated heterocycles. The number of hydrogen-bond donors (Lipinski definition) is 0. The lowest BCUT2D eigenvalue weighted by Crippen LogP contribution is -2.43. The van der Waals surface area contributed by atoms with E-state index in [1.54, 1.807) is 6.92 Å². The van der Waals surface area contributed by atoms with Crippen LogP contribution in [-0.4, -0.2) is 28.6 Å². The Kier molecular flexibility index (Phi) is 5.86. The predicted molar refractivity (Wildman–Crippen MR) is 102 cm³/mol. The van der Waals surface area contributed by atoms with Gasteiger partial charge < -0.3 is 14.2 Å². The Morgan fingerprint density at radius 1 is 1.19 bits per heavy atom. The van der Waals surface area contributed by atoms with Crippen molar-refractivity contribution in [2.75, 3.05) is 0 Å². The van der Waals surface area contributed by atoms with E-state index in [-0.39, 0.29) is 30.3 Å². The van der Waals surface area contributed by atoms with Crippen molar-refractivity contribution >= 4 is 5.91 Å². The third-order valence-corrected chi connectivity index (χ3v) is 5.28. The summed E-state index contributed by atoms with van der Waals surface area (Å²) < 4.78 is 74.6. The first-order valence-electron chi connectivity index (χ1n) is 9.68. The van der Waals surface area contributed by atoms with Gasteiger partial charge in [-0.15, -0.1) is 0 Å². The first-order valence-corrected chi connectivity index (χ1v) is 9.68. The molecule has 3 aromatic rings. The van der Waals surface area contributed by atoms with Gasteiger partial charge in [0.25, 0.3) is 0 Å². The molecule has 5 nitrogen and oxygen atoms in total. The maximum absolute atomic E-state index is 13.5. The van der Waals surface area contributed by atoms with Gasteiger partial charge in [-0.25, -0.2) is 13.2 Å². The van der Waals surface area contributed by atoms with Crippen LogP contribution in [-0.2, 0) is 24.2 Å². The second-order valence-corrected chi connectivity index (χ2v) is 7.46. The number of benzene rings is 2. The standard InChI is InChI=1S/C22H17F5N2O3/c1-11-6-18-15(21(32-28-18)13-2-4-14(5-3-13)31-22(26)27)10-29(11)19(30)9-12-7-16(23)20(25)17(24)8-12/h2-5,7-8,11,22H,6,9-10H2,1H3/t11-/m0/s1. The topological polar surface area (TPSA) is 55.6 Å². The van der Waals surface area contributed by atoms with E-state index in [1.165, 1.54) is 29.2 Å². The second kappa shape index (κ2) is 8.60. The molecule has 2 aromatic carbocycles. The molecule has 0 radical (unpaired) electrons. The molecule has 168 valence electrons. The number of fused-ring (bicyclic) bond motifs is 1. The van der Waals surface area contributed by atoms with Crippen LogP contribution in [0.5, 0.6) is 5.75 Å². The Balaban J connectivity index is 1.55. The zero-order valence-electron chi connectivity index (χ0n) is 16.7. The molecule has 1 aromatic heterocycles. The number of halogens is 5. The van der Waals surface area contributed by atoms with Gasteiger partial charge in [-0.2, -0.15) is 8.78 Å². The van der Waals surface area contributed by atoms with Gasteiger partial charge in [-0.1, -0.05) is 5.16 Å². The number of aromatic nitrogens is 1. The summed E-state index contributed by atoms with van der Waals surface area (Å²) >= 11 is 0. The lowest BCUT2D eigenvalue weighted by atomic mass is 9.96. The maximum Gasteiger partial charge on any atom is 0.387 e. The van der Waals surface area contributed by atoms with Crippen LogP contribution in [0.3, 0.4) is 0 Å². The Morgan fingerprint density at radius 3 is 2.47 bits per heavy atom. The van der Waals surface area contributed by atoms with E-state index in [2.05, 4.69) is 9.89 Å². The van der Waals surface area contributed by atoms with Crippen LogP contribution in [0, 0.1) is 17.5 Å². The highest BCUT2D eigenvalue weighted by Crippen LogP contribution is 2.33. The van der Waals surface area contributed by atoms with Crippen molar-refractivity contribution in [3.8, 4) is 17.1 Å². The molecule has 1 aliphatic heterocycles. The molecule has 1 amide bonds. The minimum absolute atomic E-state index is 0.0127. The average Bonchev–Trinajstić information content (AvgIpc) is 3.14. The molecule has 32 heavy (non-hydrogen) atoms. The Hall–Kier alpha value is -3.43. The summed E-state index contributed by atoms with van der Waals surface area (Å²) in [5, 5.41) is 4.06. The summed E-state index contributed by atoms with van der Waals surface area (Å²) in [6.07, 6.45) is 0.0807. The summed E-state index contributed by atoms with van der Waals surface area (Å²) in [5.41, 5.74) is 1.88. The predicted octanol–water partition coefficient (Wildman–Crippen LogP) is 4.88. The highest BCUT2D eigenvalue weighted by atomic mass is 19.3. The Labute approximate surface area is 179 Å². The SMILES string of the molecule is C[C@H]1Cc2noc(-c3ccc(OC(F)F)cc3)c2CN1C(=O)Cc1cc(F)c(F)c(F)c1. The van der Waals surface area contributed by atoms with Gasteiger partial charge in [0.2, 0.25) is 5.91 Å². The zero-order chi connectivity index (χ0) is 23.0. The van der Waals surface area contributed by atoms with E-state index >= 15 is 0 Å². The van der Waals surface area contributed by atoms with Crippen molar-refractivity contribution in [1.82, 2.24) is 10.1 Å². The van der Waals surface area contributed by atoms with Gasteiger partial charge in [-0.05, 0) is 48.9 Å². The van der Waals surface area contributed by atoms with E-state index in [9.17, 15) is 26.7 Å². The van der Waals surface area contributed by atoms with E-state index in [0.717, 1.165) is 12.1 Å². The van der Waals surface area contributed by atoms with Crippen molar-refractivity contribution in [2.45, 2.75) is 39.0 Å². The molecule has 0 N–H and O–H groups in total. The minimum Gasteiger partial charge on any atom is -0.435 e. The summed E-state index contributed by atoms with van der Waals surface area (Å²) in [6.45, 7) is -1.00. The monoisotopic (exact) mass is 452 g/mol. The zero-order valence-corrected chi connectivity index (χ0v) is 16.7. The minimum atomic E-state index is -2.94. The van der Waals surface area contributed by atoms with Crippen LogP contribution >= 0.6 is 0 Å². The second-order valence-electron chi connectivity index (χ2n) is 7.46. The van der Waals surface area contributed by atoms with Gasteiger partial charge in [-0.3, -0.25) is 4.79 Å². The average molecular weight is 452 g/mol. The van der Waals surface area contributed by atoms with Crippen LogP contribution in [0.2, 0.25) is 0 Å². The lowest BCUT2D eigenvalue weighted by molar-refractivity contribution is -0.133. The van der Waals surface area contributed by atoms with Gasteiger partial charge in [0.05, 0.1) is 18.7 Å². The third kappa shape index (κ3) is 4.30. The third-order valence-electron chi connectivity index (χ3n) is 5.28. The number of amides is 1. The summed E-state index contributed by atoms with van der Waals surface area (Å²) in [7, 11) is 0. The molecule has 0 fully saturated rings. The van der Waals surface area contributed by atoms with Crippen LogP contribution in [0.15, 0.2) is 40.9 Å². The smallest absolute Gasteiger partial charge is 0.387 e. The molecular formula is C22H17F5N2O3. The van der Waals surface area contributed by atoms with Crippen LogP contribution in [0.1, 0.15) is 23.7 Å². The molecular weight excluding hydrogens is 435 g/mol. The number of ether oxygens (including phenoxy) is 1. The van der Waals surface area contributed by atoms with Crippen molar-refractivity contribution in [3.05, 3.63) is 70.7 Å². The number of hydrogen-bond acceptors (Lipinski definition) is 4. The van der Waals surface area contributed by atoms with Gasteiger partial charge in [0, 0.05) is 23.6 Å². The van der Waals surface area contributed by atoms with Crippen LogP contribution < -0.4 is 4.74 Å². The van der Waals surface area contributed by atoms with Crippen LogP contribution in [0.4, 0.5) is 22.0 Å². The molecule has 1 atom stereocenters. The van der Waals surface area contributed by atoms with E-state index in [1.807, 2.05) is 0 Å². The Bertz CT molecular complexity index is 1120. The summed E-state index contributed by atoms with van der Waals surface area (Å²) in [6, 6.07) is 7.13. The fraction of sp³-hybridized carbons (Fsp3) is 0.273. The van der Waals surface area contributed by atoms with Crippen molar-refractivity contribution < 1.29 is 36.0 Å². The molecule has 0 saturated carbocycles. The fourth-order valence-corrected chi connectivity index (χ4v) is 3.72. The molecule has 1 aliphatic rings. The molecule has 4 rings (SSSR count). The van der Waals surface area contributed by atoms with Gasteiger partial charge in [0.15, 0.2) is 23.2 Å². The number of rotatable bonds is 5. The van der Waals surface area contributed by atoms with Crippen molar-refractivity contribution in [1.29, 1.82) is 0 Å². The summed E-state index contributed by atoms with van der Waals surface area (Å²) in [4.78, 5) is 14.4. The lowest BCUT2D eigenvalue weighted by Gasteiger charge is -2.33.